The van der Waals surface area contributed by atoms with Gasteiger partial charge in [0.05, 0.1) is 16.9 Å². The number of alkyl halides is 3. The Labute approximate surface area is 166 Å². The van der Waals surface area contributed by atoms with Crippen LogP contribution in [-0.4, -0.2) is 16.3 Å². The van der Waals surface area contributed by atoms with Gasteiger partial charge in [0, 0.05) is 22.7 Å². The van der Waals surface area contributed by atoms with Crippen LogP contribution in [0, 0.1) is 6.92 Å². The summed E-state index contributed by atoms with van der Waals surface area (Å²) < 4.78 is 40.6. The Morgan fingerprint density at radius 1 is 1.07 bits per heavy atom. The van der Waals surface area contributed by atoms with E-state index < -0.39 is 11.7 Å². The summed E-state index contributed by atoms with van der Waals surface area (Å²) >= 11 is 6.09. The summed E-state index contributed by atoms with van der Waals surface area (Å²) in [6.07, 6.45) is -1.50. The maximum Gasteiger partial charge on any atom is 0.416 e. The Balaban J connectivity index is 1.85. The molecule has 2 heterocycles. The molecule has 1 aliphatic heterocycles. The van der Waals surface area contributed by atoms with Crippen LogP contribution < -0.4 is 5.32 Å². The molecule has 0 atom stereocenters. The van der Waals surface area contributed by atoms with Gasteiger partial charge in [0.15, 0.2) is 0 Å². The monoisotopic (exact) mass is 405 g/mol. The molecule has 0 amide bonds. The summed E-state index contributed by atoms with van der Waals surface area (Å²) in [5, 5.41) is 8.88. The normalized spacial score (nSPS) is 14.3. The summed E-state index contributed by atoms with van der Waals surface area (Å²) in [5.41, 5.74) is 3.64. The molecular weight excluding hydrogens is 387 g/mol. The molecule has 0 unspecified atom stereocenters. The fourth-order valence-electron chi connectivity index (χ4n) is 3.58. The number of halogens is 4. The van der Waals surface area contributed by atoms with E-state index in [1.165, 1.54) is 12.1 Å². The highest BCUT2D eigenvalue weighted by Crippen LogP contribution is 2.36. The molecular formula is C21H19ClF3N3. The SMILES string of the molecule is Cc1cc(Cl)ccc1-n1nc(-c2ccc(C(F)(F)F)cc2)c2c1NCCCC2. The number of hydrogen-bond donors (Lipinski definition) is 1. The lowest BCUT2D eigenvalue weighted by atomic mass is 10.0. The molecule has 1 aliphatic rings. The minimum absolute atomic E-state index is 0.649. The first-order chi connectivity index (χ1) is 13.3. The molecule has 1 aromatic heterocycles. The van der Waals surface area contributed by atoms with E-state index in [0.29, 0.717) is 16.3 Å². The van der Waals surface area contributed by atoms with E-state index in [1.807, 2.05) is 29.8 Å². The molecule has 0 saturated carbocycles. The predicted octanol–water partition coefficient (Wildman–Crippen LogP) is 6.27. The molecule has 3 aromatic rings. The Kier molecular flexibility index (Phi) is 4.83. The molecule has 2 aromatic carbocycles. The van der Waals surface area contributed by atoms with Gasteiger partial charge >= 0.3 is 6.18 Å². The van der Waals surface area contributed by atoms with E-state index >= 15 is 0 Å². The Bertz CT molecular complexity index is 1010. The largest absolute Gasteiger partial charge is 0.416 e. The minimum Gasteiger partial charge on any atom is -0.370 e. The molecule has 0 aliphatic carbocycles. The highest BCUT2D eigenvalue weighted by atomic mass is 35.5. The molecule has 0 fully saturated rings. The number of rotatable bonds is 2. The summed E-state index contributed by atoms with van der Waals surface area (Å²) in [6, 6.07) is 10.8. The summed E-state index contributed by atoms with van der Waals surface area (Å²) in [7, 11) is 0. The van der Waals surface area contributed by atoms with Gasteiger partial charge in [-0.2, -0.15) is 18.3 Å². The third-order valence-electron chi connectivity index (χ3n) is 5.00. The molecule has 0 bridgehead atoms. The Morgan fingerprint density at radius 3 is 2.50 bits per heavy atom. The second-order valence-corrected chi connectivity index (χ2v) is 7.41. The van der Waals surface area contributed by atoms with Crippen LogP contribution in [0.3, 0.4) is 0 Å². The van der Waals surface area contributed by atoms with Crippen LogP contribution in [0.1, 0.15) is 29.5 Å². The van der Waals surface area contributed by atoms with Gasteiger partial charge < -0.3 is 5.32 Å². The summed E-state index contributed by atoms with van der Waals surface area (Å²) in [5.74, 6) is 0.901. The van der Waals surface area contributed by atoms with Gasteiger partial charge in [0.25, 0.3) is 0 Å². The third-order valence-corrected chi connectivity index (χ3v) is 5.24. The predicted molar refractivity (Wildman–Crippen MR) is 105 cm³/mol. The molecule has 0 saturated heterocycles. The van der Waals surface area contributed by atoms with Gasteiger partial charge in [-0.3, -0.25) is 0 Å². The summed E-state index contributed by atoms with van der Waals surface area (Å²) in [6.45, 7) is 2.79. The highest BCUT2D eigenvalue weighted by Gasteiger charge is 2.30. The van der Waals surface area contributed by atoms with E-state index in [9.17, 15) is 13.2 Å². The zero-order valence-corrected chi connectivity index (χ0v) is 16.0. The van der Waals surface area contributed by atoms with Crippen LogP contribution in [0.25, 0.3) is 16.9 Å². The number of benzene rings is 2. The van der Waals surface area contributed by atoms with Gasteiger partial charge in [-0.25, -0.2) is 4.68 Å². The van der Waals surface area contributed by atoms with Crippen molar-refractivity contribution in [2.75, 3.05) is 11.9 Å². The van der Waals surface area contributed by atoms with Crippen LogP contribution in [0.5, 0.6) is 0 Å². The summed E-state index contributed by atoms with van der Waals surface area (Å²) in [4.78, 5) is 0. The number of fused-ring (bicyclic) bond motifs is 1. The number of aromatic nitrogens is 2. The lowest BCUT2D eigenvalue weighted by Crippen LogP contribution is -2.08. The second kappa shape index (κ2) is 7.17. The number of nitrogens with zero attached hydrogens (tertiary/aromatic N) is 2. The van der Waals surface area contributed by atoms with Gasteiger partial charge in [0.1, 0.15) is 5.82 Å². The van der Waals surface area contributed by atoms with Crippen molar-refractivity contribution in [3.8, 4) is 16.9 Å². The highest BCUT2D eigenvalue weighted by molar-refractivity contribution is 6.30. The fraction of sp³-hybridized carbons (Fsp3) is 0.286. The van der Waals surface area contributed by atoms with Gasteiger partial charge in [-0.15, -0.1) is 0 Å². The Hall–Kier alpha value is -2.47. The zero-order valence-electron chi connectivity index (χ0n) is 15.3. The molecule has 28 heavy (non-hydrogen) atoms. The molecule has 3 nitrogen and oxygen atoms in total. The Morgan fingerprint density at radius 2 is 1.82 bits per heavy atom. The minimum atomic E-state index is -4.35. The fourth-order valence-corrected chi connectivity index (χ4v) is 3.81. The number of nitrogens with one attached hydrogen (secondary N) is 1. The van der Waals surface area contributed by atoms with Gasteiger partial charge in [-0.1, -0.05) is 23.7 Å². The van der Waals surface area contributed by atoms with E-state index in [-0.39, 0.29) is 0 Å². The molecule has 146 valence electrons. The first kappa shape index (κ1) is 18.9. The first-order valence-corrected chi connectivity index (χ1v) is 9.52. The smallest absolute Gasteiger partial charge is 0.370 e. The van der Waals surface area contributed by atoms with Crippen LogP contribution in [0.15, 0.2) is 42.5 Å². The average Bonchev–Trinajstić information content (AvgIpc) is 2.83. The van der Waals surface area contributed by atoms with Crippen molar-refractivity contribution in [3.63, 3.8) is 0 Å². The molecule has 1 N–H and O–H groups in total. The molecule has 4 rings (SSSR count). The third kappa shape index (κ3) is 3.49. The standard InChI is InChI=1S/C21H19ClF3N3/c1-13-12-16(22)9-10-18(13)28-20-17(4-2-3-11-26-20)19(27-28)14-5-7-15(8-6-14)21(23,24)25/h5-10,12,26H,2-4,11H2,1H3. The van der Waals surface area contributed by atoms with Crippen molar-refractivity contribution in [2.45, 2.75) is 32.4 Å². The lowest BCUT2D eigenvalue weighted by Gasteiger charge is -2.11. The molecule has 0 radical (unpaired) electrons. The van der Waals surface area contributed by atoms with Crippen molar-refractivity contribution < 1.29 is 13.2 Å². The van der Waals surface area contributed by atoms with E-state index in [2.05, 4.69) is 5.32 Å². The van der Waals surface area contributed by atoms with Gasteiger partial charge in [-0.05, 0) is 62.1 Å². The lowest BCUT2D eigenvalue weighted by molar-refractivity contribution is -0.137. The topological polar surface area (TPSA) is 29.9 Å². The number of anilines is 1. The first-order valence-electron chi connectivity index (χ1n) is 9.14. The maximum atomic E-state index is 12.9. The van der Waals surface area contributed by atoms with Crippen molar-refractivity contribution in [1.29, 1.82) is 0 Å². The van der Waals surface area contributed by atoms with E-state index in [1.54, 1.807) is 0 Å². The van der Waals surface area contributed by atoms with E-state index in [4.69, 9.17) is 16.7 Å². The van der Waals surface area contributed by atoms with Crippen molar-refractivity contribution in [2.24, 2.45) is 0 Å². The molecule has 0 spiro atoms. The maximum absolute atomic E-state index is 12.9. The average molecular weight is 406 g/mol. The van der Waals surface area contributed by atoms with Crippen LogP contribution in [0.4, 0.5) is 19.0 Å². The van der Waals surface area contributed by atoms with Crippen molar-refractivity contribution in [3.05, 3.63) is 64.2 Å². The second-order valence-electron chi connectivity index (χ2n) is 6.98. The molecule has 7 heteroatoms. The van der Waals surface area contributed by atoms with Crippen molar-refractivity contribution >= 4 is 17.4 Å². The van der Waals surface area contributed by atoms with Crippen LogP contribution >= 0.6 is 11.6 Å². The van der Waals surface area contributed by atoms with E-state index in [0.717, 1.165) is 60.6 Å². The number of hydrogen-bond acceptors (Lipinski definition) is 2. The zero-order chi connectivity index (χ0) is 19.9. The van der Waals surface area contributed by atoms with Crippen LogP contribution in [-0.2, 0) is 12.6 Å². The van der Waals surface area contributed by atoms with Gasteiger partial charge in [0.2, 0.25) is 0 Å². The number of aryl methyl sites for hydroxylation is 1. The quantitative estimate of drug-likeness (QED) is 0.544. The van der Waals surface area contributed by atoms with Crippen molar-refractivity contribution in [1.82, 2.24) is 9.78 Å². The van der Waals surface area contributed by atoms with Crippen LogP contribution in [0.2, 0.25) is 5.02 Å².